The van der Waals surface area contributed by atoms with Gasteiger partial charge in [0.05, 0.1) is 0 Å². The molecule has 106 valence electrons. The molecule has 0 aliphatic carbocycles. The van der Waals surface area contributed by atoms with Gasteiger partial charge in [-0.2, -0.15) is 0 Å². The Morgan fingerprint density at radius 1 is 1.16 bits per heavy atom. The standard InChI is InChI=1S/C17H28N2/c1-17(2,13-18)14-19-10-8-16(9-11-19)12-15-6-4-3-5-7-15/h3-7,16H,8-14,18H2,1-2H3. The SMILES string of the molecule is CC(C)(CN)CN1CCC(Cc2ccccc2)CC1. The minimum absolute atomic E-state index is 0.256. The van der Waals surface area contributed by atoms with Crippen molar-refractivity contribution in [1.82, 2.24) is 4.90 Å². The van der Waals surface area contributed by atoms with Gasteiger partial charge in [0, 0.05) is 6.54 Å². The van der Waals surface area contributed by atoms with Crippen molar-refractivity contribution in [3.8, 4) is 0 Å². The second-order valence-electron chi connectivity index (χ2n) is 6.78. The van der Waals surface area contributed by atoms with E-state index in [0.717, 1.165) is 19.0 Å². The van der Waals surface area contributed by atoms with E-state index in [1.165, 1.54) is 37.9 Å². The summed E-state index contributed by atoms with van der Waals surface area (Å²) < 4.78 is 0. The molecule has 1 aromatic rings. The zero-order valence-electron chi connectivity index (χ0n) is 12.4. The molecule has 1 fully saturated rings. The number of nitrogens with two attached hydrogens (primary N) is 1. The van der Waals surface area contributed by atoms with E-state index in [9.17, 15) is 0 Å². The molecule has 0 bridgehead atoms. The molecule has 0 atom stereocenters. The van der Waals surface area contributed by atoms with Crippen LogP contribution in [0.3, 0.4) is 0 Å². The van der Waals surface area contributed by atoms with Crippen LogP contribution < -0.4 is 5.73 Å². The smallest absolute Gasteiger partial charge is 0.00448 e. The van der Waals surface area contributed by atoms with Gasteiger partial charge in [-0.05, 0) is 55.8 Å². The Balaban J connectivity index is 1.77. The molecule has 1 aromatic carbocycles. The van der Waals surface area contributed by atoms with Gasteiger partial charge in [-0.3, -0.25) is 0 Å². The van der Waals surface area contributed by atoms with Crippen LogP contribution in [-0.4, -0.2) is 31.1 Å². The largest absolute Gasteiger partial charge is 0.330 e. The van der Waals surface area contributed by atoms with Crippen LogP contribution in [0.5, 0.6) is 0 Å². The lowest BCUT2D eigenvalue weighted by Gasteiger charge is -2.37. The summed E-state index contributed by atoms with van der Waals surface area (Å²) in [5.74, 6) is 0.861. The van der Waals surface area contributed by atoms with Crippen molar-refractivity contribution in [3.05, 3.63) is 35.9 Å². The van der Waals surface area contributed by atoms with Crippen LogP contribution in [0.15, 0.2) is 30.3 Å². The van der Waals surface area contributed by atoms with Crippen LogP contribution in [0.1, 0.15) is 32.3 Å². The fourth-order valence-corrected chi connectivity index (χ4v) is 2.97. The summed E-state index contributed by atoms with van der Waals surface area (Å²) in [7, 11) is 0. The van der Waals surface area contributed by atoms with Gasteiger partial charge >= 0.3 is 0 Å². The number of rotatable bonds is 5. The van der Waals surface area contributed by atoms with Gasteiger partial charge in [-0.25, -0.2) is 0 Å². The molecule has 0 unspecified atom stereocenters. The van der Waals surface area contributed by atoms with Gasteiger partial charge in [0.2, 0.25) is 0 Å². The summed E-state index contributed by atoms with van der Waals surface area (Å²) >= 11 is 0. The first-order valence-electron chi connectivity index (χ1n) is 7.55. The van der Waals surface area contributed by atoms with Crippen LogP contribution in [0, 0.1) is 11.3 Å². The summed E-state index contributed by atoms with van der Waals surface area (Å²) in [4.78, 5) is 2.59. The van der Waals surface area contributed by atoms with E-state index < -0.39 is 0 Å². The van der Waals surface area contributed by atoms with E-state index in [1.54, 1.807) is 0 Å². The zero-order valence-corrected chi connectivity index (χ0v) is 12.4. The molecule has 1 saturated heterocycles. The fraction of sp³-hybridized carbons (Fsp3) is 0.647. The van der Waals surface area contributed by atoms with E-state index in [0.29, 0.717) is 0 Å². The van der Waals surface area contributed by atoms with E-state index in [4.69, 9.17) is 5.73 Å². The molecule has 0 amide bonds. The maximum Gasteiger partial charge on any atom is 0.00448 e. The normalized spacial score (nSPS) is 18.7. The Morgan fingerprint density at radius 2 is 1.79 bits per heavy atom. The molecule has 1 aliphatic rings. The highest BCUT2D eigenvalue weighted by Gasteiger charge is 2.24. The lowest BCUT2D eigenvalue weighted by Crippen LogP contribution is -2.42. The zero-order chi connectivity index (χ0) is 13.7. The highest BCUT2D eigenvalue weighted by atomic mass is 15.1. The molecule has 0 aromatic heterocycles. The monoisotopic (exact) mass is 260 g/mol. The van der Waals surface area contributed by atoms with Gasteiger partial charge in [-0.1, -0.05) is 44.2 Å². The van der Waals surface area contributed by atoms with Crippen LogP contribution in [0.2, 0.25) is 0 Å². The lowest BCUT2D eigenvalue weighted by molar-refractivity contribution is 0.131. The van der Waals surface area contributed by atoms with Crippen molar-refractivity contribution in [3.63, 3.8) is 0 Å². The van der Waals surface area contributed by atoms with Crippen LogP contribution in [0.25, 0.3) is 0 Å². The van der Waals surface area contributed by atoms with Crippen molar-refractivity contribution in [2.75, 3.05) is 26.2 Å². The topological polar surface area (TPSA) is 29.3 Å². The Morgan fingerprint density at radius 3 is 2.37 bits per heavy atom. The maximum atomic E-state index is 5.83. The predicted octanol–water partition coefficient (Wildman–Crippen LogP) is 2.93. The van der Waals surface area contributed by atoms with Crippen molar-refractivity contribution in [1.29, 1.82) is 0 Å². The molecule has 2 N–H and O–H groups in total. The molecule has 1 heterocycles. The Hall–Kier alpha value is -0.860. The number of hydrogen-bond donors (Lipinski definition) is 1. The van der Waals surface area contributed by atoms with E-state index in [1.807, 2.05) is 0 Å². The van der Waals surface area contributed by atoms with Gasteiger partial charge in [0.1, 0.15) is 0 Å². The van der Waals surface area contributed by atoms with Crippen molar-refractivity contribution >= 4 is 0 Å². The quantitative estimate of drug-likeness (QED) is 0.882. The number of nitrogens with zero attached hydrogens (tertiary/aromatic N) is 1. The molecule has 0 saturated carbocycles. The molecule has 0 radical (unpaired) electrons. The van der Waals surface area contributed by atoms with Crippen LogP contribution in [-0.2, 0) is 6.42 Å². The predicted molar refractivity (Wildman–Crippen MR) is 82.1 cm³/mol. The van der Waals surface area contributed by atoms with E-state index in [2.05, 4.69) is 49.1 Å². The average Bonchev–Trinajstić information content (AvgIpc) is 2.42. The summed E-state index contributed by atoms with van der Waals surface area (Å²) in [5, 5.41) is 0. The molecule has 2 rings (SSSR count). The van der Waals surface area contributed by atoms with Crippen LogP contribution >= 0.6 is 0 Å². The van der Waals surface area contributed by atoms with Gasteiger partial charge in [-0.15, -0.1) is 0 Å². The Bertz CT molecular complexity index is 364. The lowest BCUT2D eigenvalue weighted by atomic mass is 9.87. The fourth-order valence-electron chi connectivity index (χ4n) is 2.97. The minimum Gasteiger partial charge on any atom is -0.330 e. The average molecular weight is 260 g/mol. The number of hydrogen-bond acceptors (Lipinski definition) is 2. The van der Waals surface area contributed by atoms with E-state index >= 15 is 0 Å². The Kier molecular flexibility index (Phi) is 5.00. The molecule has 2 nitrogen and oxygen atoms in total. The highest BCUT2D eigenvalue weighted by Crippen LogP contribution is 2.24. The van der Waals surface area contributed by atoms with Crippen LogP contribution in [0.4, 0.5) is 0 Å². The second kappa shape index (κ2) is 6.53. The summed E-state index contributed by atoms with van der Waals surface area (Å²) in [6, 6.07) is 10.9. The highest BCUT2D eigenvalue weighted by molar-refractivity contribution is 5.15. The summed E-state index contributed by atoms with van der Waals surface area (Å²) in [5.41, 5.74) is 7.57. The molecule has 0 spiro atoms. The van der Waals surface area contributed by atoms with Crippen molar-refractivity contribution in [2.45, 2.75) is 33.1 Å². The minimum atomic E-state index is 0.256. The Labute approximate surface area is 118 Å². The summed E-state index contributed by atoms with van der Waals surface area (Å²) in [6.07, 6.45) is 3.90. The first-order valence-corrected chi connectivity index (χ1v) is 7.55. The third-order valence-electron chi connectivity index (χ3n) is 4.28. The number of benzene rings is 1. The first kappa shape index (κ1) is 14.5. The van der Waals surface area contributed by atoms with Crippen molar-refractivity contribution < 1.29 is 0 Å². The molecule has 19 heavy (non-hydrogen) atoms. The third kappa shape index (κ3) is 4.63. The van der Waals surface area contributed by atoms with Crippen molar-refractivity contribution in [2.24, 2.45) is 17.1 Å². The summed E-state index contributed by atoms with van der Waals surface area (Å²) in [6.45, 7) is 8.92. The maximum absolute atomic E-state index is 5.83. The number of piperidine rings is 1. The number of likely N-dealkylation sites (tertiary alicyclic amines) is 1. The van der Waals surface area contributed by atoms with Gasteiger partial charge in [0.15, 0.2) is 0 Å². The first-order chi connectivity index (χ1) is 9.09. The van der Waals surface area contributed by atoms with Gasteiger partial charge in [0.25, 0.3) is 0 Å². The van der Waals surface area contributed by atoms with Gasteiger partial charge < -0.3 is 10.6 Å². The molecule has 1 aliphatic heterocycles. The second-order valence-corrected chi connectivity index (χ2v) is 6.78. The molecular formula is C17H28N2. The molecular weight excluding hydrogens is 232 g/mol. The van der Waals surface area contributed by atoms with E-state index in [-0.39, 0.29) is 5.41 Å². The third-order valence-corrected chi connectivity index (χ3v) is 4.28. The molecule has 2 heteroatoms.